The molecule has 1 atom stereocenters. The Morgan fingerprint density at radius 3 is 1.70 bits per heavy atom. The Hall–Kier alpha value is 0.170. The summed E-state index contributed by atoms with van der Waals surface area (Å²) in [5, 5.41) is 18.0. The standard InChI is InChI=1S/C16H35NO2.ClH/c1-3-4-5-6-7-8-9-10-11-16(2)17(12-14-18)13-15-19;/h16,18-19H,3-15H2,1-2H3;1H. The van der Waals surface area contributed by atoms with Gasteiger partial charge in [0.15, 0.2) is 0 Å². The van der Waals surface area contributed by atoms with Crippen molar-refractivity contribution in [2.75, 3.05) is 26.3 Å². The van der Waals surface area contributed by atoms with E-state index in [1.165, 1.54) is 62.7 Å². The van der Waals surface area contributed by atoms with Crippen molar-refractivity contribution in [3.63, 3.8) is 0 Å². The summed E-state index contributed by atoms with van der Waals surface area (Å²) in [6.45, 7) is 6.46. The normalized spacial score (nSPS) is 12.4. The summed E-state index contributed by atoms with van der Waals surface area (Å²) in [6.07, 6.45) is 12.1. The van der Waals surface area contributed by atoms with E-state index in [9.17, 15) is 0 Å². The lowest BCUT2D eigenvalue weighted by atomic mass is 10.0. The van der Waals surface area contributed by atoms with E-state index in [0.717, 1.165) is 13.1 Å². The summed E-state index contributed by atoms with van der Waals surface area (Å²) in [5.74, 6) is 0. The minimum absolute atomic E-state index is 0. The zero-order valence-electron chi connectivity index (χ0n) is 13.5. The van der Waals surface area contributed by atoms with Gasteiger partial charge in [-0.1, -0.05) is 51.9 Å². The van der Waals surface area contributed by atoms with Gasteiger partial charge in [-0.05, 0) is 19.8 Å². The van der Waals surface area contributed by atoms with Crippen LogP contribution in [0, 0.1) is 0 Å². The Labute approximate surface area is 132 Å². The Bertz CT molecular complexity index is 176. The number of aliphatic hydroxyl groups is 2. The van der Waals surface area contributed by atoms with Crippen LogP contribution in [0.5, 0.6) is 0 Å². The second kappa shape index (κ2) is 17.2. The molecule has 0 aliphatic rings. The van der Waals surface area contributed by atoms with Crippen LogP contribution in [-0.4, -0.2) is 42.6 Å². The van der Waals surface area contributed by atoms with Crippen LogP contribution in [-0.2, 0) is 0 Å². The molecule has 0 aromatic heterocycles. The highest BCUT2D eigenvalue weighted by molar-refractivity contribution is 4.52. The molecule has 4 heteroatoms. The maximum atomic E-state index is 9.02. The molecule has 1 unspecified atom stereocenters. The van der Waals surface area contributed by atoms with Gasteiger partial charge < -0.3 is 27.5 Å². The van der Waals surface area contributed by atoms with Gasteiger partial charge in [-0.3, -0.25) is 0 Å². The van der Waals surface area contributed by atoms with Crippen LogP contribution in [0.15, 0.2) is 0 Å². The first-order valence-corrected chi connectivity index (χ1v) is 8.32. The molecule has 0 aliphatic carbocycles. The topological polar surface area (TPSA) is 44.9 Å². The summed E-state index contributed by atoms with van der Waals surface area (Å²) in [4.78, 5) is 1.34. The smallest absolute Gasteiger partial charge is 0.101 e. The van der Waals surface area contributed by atoms with E-state index in [4.69, 9.17) is 10.2 Å². The number of halogens is 1. The van der Waals surface area contributed by atoms with Crippen LogP contribution in [0.25, 0.3) is 0 Å². The minimum atomic E-state index is 0. The fraction of sp³-hybridized carbons (Fsp3) is 1.00. The van der Waals surface area contributed by atoms with Crippen LogP contribution in [0.3, 0.4) is 0 Å². The minimum Gasteiger partial charge on any atom is -1.00 e. The molecule has 0 spiro atoms. The van der Waals surface area contributed by atoms with Gasteiger partial charge >= 0.3 is 0 Å². The second-order valence-electron chi connectivity index (χ2n) is 5.77. The summed E-state index contributed by atoms with van der Waals surface area (Å²) < 4.78 is 0. The molecule has 0 aliphatic heterocycles. The zero-order chi connectivity index (χ0) is 14.3. The van der Waals surface area contributed by atoms with E-state index in [2.05, 4.69) is 13.8 Å². The van der Waals surface area contributed by atoms with Crippen LogP contribution in [0.4, 0.5) is 0 Å². The lowest BCUT2D eigenvalue weighted by Crippen LogP contribution is -3.16. The van der Waals surface area contributed by atoms with Crippen molar-refractivity contribution in [1.82, 2.24) is 0 Å². The molecule has 0 saturated carbocycles. The summed E-state index contributed by atoms with van der Waals surface area (Å²) in [6, 6.07) is 0.555. The van der Waals surface area contributed by atoms with Gasteiger partial charge in [0.1, 0.15) is 13.1 Å². The number of hydrogen-bond donors (Lipinski definition) is 3. The Morgan fingerprint density at radius 2 is 1.25 bits per heavy atom. The van der Waals surface area contributed by atoms with E-state index in [1.807, 2.05) is 0 Å². The molecule has 0 bridgehead atoms. The van der Waals surface area contributed by atoms with E-state index in [1.54, 1.807) is 0 Å². The number of rotatable bonds is 14. The Morgan fingerprint density at radius 1 is 0.800 bits per heavy atom. The number of hydrogen-bond acceptors (Lipinski definition) is 2. The van der Waals surface area contributed by atoms with Gasteiger partial charge in [0.25, 0.3) is 0 Å². The van der Waals surface area contributed by atoms with Gasteiger partial charge in [0.05, 0.1) is 19.3 Å². The van der Waals surface area contributed by atoms with E-state index in [-0.39, 0.29) is 25.6 Å². The molecule has 0 fully saturated rings. The van der Waals surface area contributed by atoms with Gasteiger partial charge in [-0.25, -0.2) is 0 Å². The SMILES string of the molecule is CCCCCCCCCCC(C)[NH+](CCO)CCO.[Cl-]. The molecule has 0 aromatic carbocycles. The lowest BCUT2D eigenvalue weighted by Gasteiger charge is -2.24. The van der Waals surface area contributed by atoms with Gasteiger partial charge in [0.2, 0.25) is 0 Å². The third kappa shape index (κ3) is 13.2. The van der Waals surface area contributed by atoms with Crippen molar-refractivity contribution in [1.29, 1.82) is 0 Å². The average Bonchev–Trinajstić information content (AvgIpc) is 2.41. The van der Waals surface area contributed by atoms with Crippen molar-refractivity contribution in [3.8, 4) is 0 Å². The van der Waals surface area contributed by atoms with Crippen molar-refractivity contribution in [2.24, 2.45) is 0 Å². The predicted octanol–water partition coefficient (Wildman–Crippen LogP) is -1.22. The maximum Gasteiger partial charge on any atom is 0.101 e. The zero-order valence-corrected chi connectivity index (χ0v) is 14.3. The van der Waals surface area contributed by atoms with Crippen LogP contribution < -0.4 is 17.3 Å². The molecular weight excluding hydrogens is 274 g/mol. The largest absolute Gasteiger partial charge is 1.00 e. The molecule has 0 radical (unpaired) electrons. The van der Waals surface area contributed by atoms with E-state index < -0.39 is 0 Å². The third-order valence-electron chi connectivity index (χ3n) is 4.05. The van der Waals surface area contributed by atoms with Gasteiger partial charge in [-0.15, -0.1) is 0 Å². The molecule has 3 N–H and O–H groups in total. The van der Waals surface area contributed by atoms with Crippen molar-refractivity contribution < 1.29 is 27.5 Å². The molecule has 0 rings (SSSR count). The van der Waals surface area contributed by atoms with Crippen LogP contribution in [0.1, 0.15) is 71.6 Å². The first kappa shape index (κ1) is 22.5. The molecule has 0 saturated heterocycles. The molecule has 0 aromatic rings. The maximum absolute atomic E-state index is 9.02. The lowest BCUT2D eigenvalue weighted by molar-refractivity contribution is -0.924. The summed E-state index contributed by atoms with van der Waals surface area (Å²) in [7, 11) is 0. The summed E-state index contributed by atoms with van der Waals surface area (Å²) in [5.41, 5.74) is 0. The fourth-order valence-electron chi connectivity index (χ4n) is 2.69. The summed E-state index contributed by atoms with van der Waals surface area (Å²) >= 11 is 0. The van der Waals surface area contributed by atoms with Crippen LogP contribution in [0.2, 0.25) is 0 Å². The fourth-order valence-corrected chi connectivity index (χ4v) is 2.69. The molecular formula is C16H36ClNO2. The predicted molar refractivity (Wildman–Crippen MR) is 81.6 cm³/mol. The second-order valence-corrected chi connectivity index (χ2v) is 5.77. The van der Waals surface area contributed by atoms with Gasteiger partial charge in [-0.2, -0.15) is 0 Å². The monoisotopic (exact) mass is 309 g/mol. The molecule has 124 valence electrons. The highest BCUT2D eigenvalue weighted by Crippen LogP contribution is 2.09. The molecule has 0 heterocycles. The Balaban J connectivity index is 0. The Kier molecular flexibility index (Phi) is 19.3. The van der Waals surface area contributed by atoms with Gasteiger partial charge in [0, 0.05) is 0 Å². The third-order valence-corrected chi connectivity index (χ3v) is 4.05. The molecule has 20 heavy (non-hydrogen) atoms. The molecule has 3 nitrogen and oxygen atoms in total. The van der Waals surface area contributed by atoms with Crippen molar-refractivity contribution in [3.05, 3.63) is 0 Å². The number of nitrogens with one attached hydrogen (secondary N) is 1. The van der Waals surface area contributed by atoms with Crippen LogP contribution >= 0.6 is 0 Å². The van der Waals surface area contributed by atoms with Crippen molar-refractivity contribution >= 4 is 0 Å². The first-order chi connectivity index (χ1) is 9.26. The number of aliphatic hydroxyl groups excluding tert-OH is 2. The number of quaternary nitrogens is 1. The molecule has 0 amide bonds. The van der Waals surface area contributed by atoms with E-state index in [0.29, 0.717) is 6.04 Å². The highest BCUT2D eigenvalue weighted by atomic mass is 35.5. The quantitative estimate of drug-likeness (QED) is 0.352. The van der Waals surface area contributed by atoms with E-state index >= 15 is 0 Å². The number of unbranched alkanes of at least 4 members (excludes halogenated alkanes) is 7. The highest BCUT2D eigenvalue weighted by Gasteiger charge is 2.15. The average molecular weight is 310 g/mol. The van der Waals surface area contributed by atoms with Crippen molar-refractivity contribution in [2.45, 2.75) is 77.7 Å². The first-order valence-electron chi connectivity index (χ1n) is 8.32.